The van der Waals surface area contributed by atoms with Gasteiger partial charge in [0.1, 0.15) is 5.75 Å². The van der Waals surface area contributed by atoms with Crippen molar-refractivity contribution in [2.75, 3.05) is 53.1 Å². The lowest BCUT2D eigenvalue weighted by Crippen LogP contribution is -2.56. The zero-order valence-electron chi connectivity index (χ0n) is 17.4. The van der Waals surface area contributed by atoms with Gasteiger partial charge in [0.05, 0.1) is 25.9 Å². The summed E-state index contributed by atoms with van der Waals surface area (Å²) in [5.41, 5.74) is 1.00. The number of rotatable bonds is 4. The summed E-state index contributed by atoms with van der Waals surface area (Å²) in [4.78, 5) is 17.1. The lowest BCUT2D eigenvalue weighted by atomic mass is 9.82. The first-order chi connectivity index (χ1) is 14.2. The second kappa shape index (κ2) is 9.32. The van der Waals surface area contributed by atoms with E-state index in [2.05, 4.69) is 10.2 Å². The number of carbonyl (C=O) groups excluding carboxylic acids is 1. The number of hydrogen-bond donors (Lipinski definition) is 1. The van der Waals surface area contributed by atoms with E-state index in [0.29, 0.717) is 12.6 Å². The molecule has 7 nitrogen and oxygen atoms in total. The summed E-state index contributed by atoms with van der Waals surface area (Å²) in [6.45, 7) is 6.60. The van der Waals surface area contributed by atoms with E-state index in [1.807, 2.05) is 29.2 Å². The number of morpholine rings is 1. The highest BCUT2D eigenvalue weighted by atomic mass is 16.5. The predicted octanol–water partition coefficient (Wildman–Crippen LogP) is 2.25. The molecule has 7 heteroatoms. The van der Waals surface area contributed by atoms with Gasteiger partial charge in [-0.2, -0.15) is 0 Å². The Hall–Kier alpha value is -1.83. The fourth-order valence-electron chi connectivity index (χ4n) is 4.75. The van der Waals surface area contributed by atoms with Crippen molar-refractivity contribution in [1.29, 1.82) is 0 Å². The summed E-state index contributed by atoms with van der Waals surface area (Å²) < 4.78 is 17.0. The molecular formula is C22H33N3O4. The summed E-state index contributed by atoms with van der Waals surface area (Å²) in [7, 11) is 1.65. The first-order valence-corrected chi connectivity index (χ1v) is 10.8. The highest BCUT2D eigenvalue weighted by Gasteiger charge is 2.42. The van der Waals surface area contributed by atoms with Crippen molar-refractivity contribution < 1.29 is 19.0 Å². The lowest BCUT2D eigenvalue weighted by Gasteiger charge is -2.49. The number of ether oxygens (including phenoxy) is 3. The molecule has 2 amide bonds. The van der Waals surface area contributed by atoms with Gasteiger partial charge in [-0.3, -0.25) is 4.90 Å². The number of amides is 2. The summed E-state index contributed by atoms with van der Waals surface area (Å²) in [5.74, 6) is 0.823. The molecule has 1 aromatic rings. The molecule has 160 valence electrons. The summed E-state index contributed by atoms with van der Waals surface area (Å²) in [5, 5.41) is 3.04. The van der Waals surface area contributed by atoms with Gasteiger partial charge in [0.25, 0.3) is 0 Å². The van der Waals surface area contributed by atoms with E-state index < -0.39 is 0 Å². The van der Waals surface area contributed by atoms with Gasteiger partial charge >= 0.3 is 6.03 Å². The van der Waals surface area contributed by atoms with Crippen molar-refractivity contribution in [2.24, 2.45) is 0 Å². The van der Waals surface area contributed by atoms with Crippen LogP contribution in [0.1, 0.15) is 31.2 Å². The molecule has 1 spiro atoms. The largest absolute Gasteiger partial charge is 0.497 e. The molecule has 1 aromatic carbocycles. The van der Waals surface area contributed by atoms with E-state index in [0.717, 1.165) is 83.0 Å². The van der Waals surface area contributed by atoms with Crippen LogP contribution in [0.25, 0.3) is 0 Å². The van der Waals surface area contributed by atoms with Crippen LogP contribution in [0.3, 0.4) is 0 Å². The molecule has 0 saturated carbocycles. The van der Waals surface area contributed by atoms with Crippen LogP contribution in [0.15, 0.2) is 24.3 Å². The van der Waals surface area contributed by atoms with Gasteiger partial charge in [0.15, 0.2) is 0 Å². The molecule has 4 rings (SSSR count). The molecule has 0 radical (unpaired) electrons. The van der Waals surface area contributed by atoms with Crippen molar-refractivity contribution in [3.63, 3.8) is 0 Å². The maximum atomic E-state index is 12.6. The first-order valence-electron chi connectivity index (χ1n) is 10.8. The van der Waals surface area contributed by atoms with Crippen molar-refractivity contribution in [1.82, 2.24) is 15.1 Å². The average Bonchev–Trinajstić information content (AvgIpc) is 2.79. The molecule has 0 aromatic heterocycles. The molecule has 3 heterocycles. The lowest BCUT2D eigenvalue weighted by molar-refractivity contribution is -0.135. The van der Waals surface area contributed by atoms with Crippen LogP contribution in [-0.2, 0) is 16.0 Å². The van der Waals surface area contributed by atoms with Gasteiger partial charge in [-0.1, -0.05) is 12.1 Å². The number of methoxy groups -OCH3 is 1. The molecule has 29 heavy (non-hydrogen) atoms. The minimum Gasteiger partial charge on any atom is -0.497 e. The molecule has 1 unspecified atom stereocenters. The highest BCUT2D eigenvalue weighted by Crippen LogP contribution is 2.37. The van der Waals surface area contributed by atoms with Crippen LogP contribution >= 0.6 is 0 Å². The number of hydrogen-bond acceptors (Lipinski definition) is 5. The fourth-order valence-corrected chi connectivity index (χ4v) is 4.75. The zero-order valence-corrected chi connectivity index (χ0v) is 17.4. The Bertz CT molecular complexity index is 667. The van der Waals surface area contributed by atoms with Crippen LogP contribution in [-0.4, -0.2) is 80.6 Å². The second-order valence-electron chi connectivity index (χ2n) is 8.32. The monoisotopic (exact) mass is 403 g/mol. The topological polar surface area (TPSA) is 63.3 Å². The second-order valence-corrected chi connectivity index (χ2v) is 8.32. The minimum atomic E-state index is -0.0615. The SMILES string of the molecule is COc1ccc(CNC(=O)N2CCC3(CC2)CC(N2CCOCC2)CCO3)cc1. The van der Waals surface area contributed by atoms with E-state index in [1.165, 1.54) is 0 Å². The summed E-state index contributed by atoms with van der Waals surface area (Å²) in [6, 6.07) is 8.38. The van der Waals surface area contributed by atoms with Crippen molar-refractivity contribution in [2.45, 2.75) is 43.9 Å². The zero-order chi connectivity index (χ0) is 20.1. The maximum Gasteiger partial charge on any atom is 0.317 e. The average molecular weight is 404 g/mol. The number of piperidine rings is 1. The van der Waals surface area contributed by atoms with Crippen molar-refractivity contribution >= 4 is 6.03 Å². The van der Waals surface area contributed by atoms with Gasteiger partial charge in [-0.25, -0.2) is 4.79 Å². The molecule has 3 aliphatic heterocycles. The van der Waals surface area contributed by atoms with Gasteiger partial charge < -0.3 is 24.4 Å². The van der Waals surface area contributed by atoms with Crippen LogP contribution < -0.4 is 10.1 Å². The Labute approximate surface area is 173 Å². The maximum absolute atomic E-state index is 12.6. The molecule has 1 atom stereocenters. The Morgan fingerprint density at radius 1 is 1.14 bits per heavy atom. The normalized spacial score (nSPS) is 25.0. The Morgan fingerprint density at radius 2 is 1.86 bits per heavy atom. The number of likely N-dealkylation sites (tertiary alicyclic amines) is 1. The summed E-state index contributed by atoms with van der Waals surface area (Å²) >= 11 is 0. The third-order valence-electron chi connectivity index (χ3n) is 6.59. The number of urea groups is 1. The third-order valence-corrected chi connectivity index (χ3v) is 6.59. The molecule has 3 saturated heterocycles. The molecule has 0 bridgehead atoms. The molecule has 3 fully saturated rings. The van der Waals surface area contributed by atoms with Crippen molar-refractivity contribution in [3.05, 3.63) is 29.8 Å². The fraction of sp³-hybridized carbons (Fsp3) is 0.682. The standard InChI is InChI=1S/C22H33N3O4/c1-27-20-4-2-18(3-5-20)17-23-21(26)25-9-7-22(8-10-25)16-19(6-13-29-22)24-11-14-28-15-12-24/h2-5,19H,6-17H2,1H3,(H,23,26). The van der Waals surface area contributed by atoms with Gasteiger partial charge in [-0.15, -0.1) is 0 Å². The molecule has 0 aliphatic carbocycles. The minimum absolute atomic E-state index is 0.0104. The third kappa shape index (κ3) is 5.02. The molecule has 1 N–H and O–H groups in total. The molecular weight excluding hydrogens is 370 g/mol. The van der Waals surface area contributed by atoms with E-state index in [4.69, 9.17) is 14.2 Å². The Balaban J connectivity index is 1.25. The van der Waals surface area contributed by atoms with Crippen LogP contribution in [0.4, 0.5) is 4.79 Å². The van der Waals surface area contributed by atoms with Crippen LogP contribution in [0, 0.1) is 0 Å². The molecule has 3 aliphatic rings. The van der Waals surface area contributed by atoms with Gasteiger partial charge in [0, 0.05) is 45.4 Å². The van der Waals surface area contributed by atoms with E-state index in [-0.39, 0.29) is 11.6 Å². The number of nitrogens with zero attached hydrogens (tertiary/aromatic N) is 2. The van der Waals surface area contributed by atoms with E-state index in [9.17, 15) is 4.79 Å². The van der Waals surface area contributed by atoms with Gasteiger partial charge in [-0.05, 0) is 43.4 Å². The number of carbonyl (C=O) groups is 1. The quantitative estimate of drug-likeness (QED) is 0.836. The number of benzene rings is 1. The van der Waals surface area contributed by atoms with Crippen LogP contribution in [0.2, 0.25) is 0 Å². The van der Waals surface area contributed by atoms with Crippen LogP contribution in [0.5, 0.6) is 5.75 Å². The smallest absolute Gasteiger partial charge is 0.317 e. The van der Waals surface area contributed by atoms with Gasteiger partial charge in [0.2, 0.25) is 0 Å². The Morgan fingerprint density at radius 3 is 2.55 bits per heavy atom. The van der Waals surface area contributed by atoms with E-state index in [1.54, 1.807) is 7.11 Å². The Kier molecular flexibility index (Phi) is 6.57. The highest BCUT2D eigenvalue weighted by molar-refractivity contribution is 5.74. The van der Waals surface area contributed by atoms with Crippen molar-refractivity contribution in [3.8, 4) is 5.75 Å². The number of nitrogens with one attached hydrogen (secondary N) is 1. The predicted molar refractivity (Wildman–Crippen MR) is 110 cm³/mol. The summed E-state index contributed by atoms with van der Waals surface area (Å²) in [6.07, 6.45) is 4.02. The van der Waals surface area contributed by atoms with E-state index >= 15 is 0 Å². The first kappa shape index (κ1) is 20.4.